The Morgan fingerprint density at radius 3 is 1.67 bits per heavy atom. The molecule has 1 aliphatic heterocycles. The fourth-order valence-electron chi connectivity index (χ4n) is 16.3. The quantitative estimate of drug-likeness (QED) is 0.00954. The standard InChI is InChI=1S/C104H158N20O23/c1-61(2)51-81(114-70(11)126)101(146)116-95(69(10)125)98(143)96(141)80(52-71-29-23-22-24-30-71)122-123-104(13)47-28-21-19-17-15-16-18-20-27-46-103(12,91(136)58-111-65(6)87(132)45-50-109-64(5)86(131)44-49-108-63(4)85(130)43-48-107-62(3)83(128)39-40-84(129)66(7)113-60-124(14)59-93(106)138)117-100(145)68(9)118-119-77(37-41-92(105)137)90(135)57-110-67(8)88(133)55-89(134)79(54-73-56-112-76-32-26-25-31-75(73)76)120-121-82(53-72-33-35-74(127)36-34-72)102(147)115-78(38-42-94(139)140)97(142)99(104)144/h16,18,22-26,29-36,56,61-69,77-82,95,107-113,118-123,125,127H,15,17,19-21,27-28,37-55,57-60H2,1-14H3,(H2,105,137)(H2,106,138)(H,114,126)(H,115,147)(H,116,146)(H,117,145)(H,139,140)/t62-,63-,64-,65-,66-,67-,68-,69+,77-,78-,79-,80-,81-,82-,95-,103-,104+/m0/s1. The molecule has 0 aliphatic carbocycles. The Kier molecular flexibility index (Phi) is 55.1. The van der Waals surface area contributed by atoms with Crippen LogP contribution < -0.4 is 97.2 Å². The molecule has 2 heterocycles. The number of H-pyrrole nitrogens is 1. The molecule has 0 saturated heterocycles. The van der Waals surface area contributed by atoms with Gasteiger partial charge in [-0.3, -0.25) is 106 Å². The lowest BCUT2D eigenvalue weighted by molar-refractivity contribution is -0.144. The summed E-state index contributed by atoms with van der Waals surface area (Å²) in [6.07, 6.45) is 3.21. The lowest BCUT2D eigenvalue weighted by Crippen LogP contribution is -2.65. The number of aliphatic hydroxyl groups excluding tert-OH is 1. The molecule has 0 fully saturated rings. The van der Waals surface area contributed by atoms with Crippen molar-refractivity contribution in [2.75, 3.05) is 53.0 Å². The van der Waals surface area contributed by atoms with E-state index in [0.717, 1.165) is 0 Å². The number of nitrogens with one attached hydrogen (secondary N) is 17. The van der Waals surface area contributed by atoms with E-state index in [-0.39, 0.29) is 163 Å². The highest BCUT2D eigenvalue weighted by Crippen LogP contribution is 2.25. The largest absolute Gasteiger partial charge is 0.508 e. The fraction of sp³-hybridized carbons (Fsp3) is 0.596. The van der Waals surface area contributed by atoms with Crippen molar-refractivity contribution in [3.05, 3.63) is 114 Å². The van der Waals surface area contributed by atoms with Crippen LogP contribution in [-0.4, -0.2) is 297 Å². The number of hydrogen-bond donors (Lipinski definition) is 22. The number of carbonyl (C=O) groups is 20. The van der Waals surface area contributed by atoms with Crippen molar-refractivity contribution < 1.29 is 111 Å². The van der Waals surface area contributed by atoms with Crippen LogP contribution in [0.2, 0.25) is 0 Å². The number of phenolic OH excluding ortho intramolecular Hbond substituents is 1. The number of Topliss-reactive ketones (excluding diaryl/α,β-unsaturated/α-hetero) is 13. The molecule has 1 aromatic heterocycles. The van der Waals surface area contributed by atoms with Crippen molar-refractivity contribution in [1.29, 1.82) is 0 Å². The Morgan fingerprint density at radius 1 is 0.537 bits per heavy atom. The number of phenols is 1. The second-order valence-corrected chi connectivity index (χ2v) is 39.3. The van der Waals surface area contributed by atoms with Crippen LogP contribution in [-0.2, 0) is 115 Å². The molecule has 6 amide bonds. The number of aliphatic carboxylic acids is 1. The van der Waals surface area contributed by atoms with Gasteiger partial charge >= 0.3 is 5.97 Å². The van der Waals surface area contributed by atoms with Crippen molar-refractivity contribution in [3.8, 4) is 5.75 Å². The molecule has 4 aromatic rings. The van der Waals surface area contributed by atoms with E-state index in [2.05, 4.69) is 90.7 Å². The number of hydrazine groups is 3. The van der Waals surface area contributed by atoms with Crippen LogP contribution in [0.1, 0.15) is 235 Å². The molecule has 147 heavy (non-hydrogen) atoms. The summed E-state index contributed by atoms with van der Waals surface area (Å²) in [5.41, 5.74) is 26.5. The molecule has 0 spiro atoms. The average molecular weight is 2060 g/mol. The highest BCUT2D eigenvalue weighted by atomic mass is 16.4. The van der Waals surface area contributed by atoms with Gasteiger partial charge in [-0.1, -0.05) is 106 Å². The van der Waals surface area contributed by atoms with E-state index in [1.165, 1.54) is 65.8 Å². The molecule has 43 heteroatoms. The predicted octanol–water partition coefficient (Wildman–Crippen LogP) is 0.775. The first-order chi connectivity index (χ1) is 69.4. The number of fused-ring (bicyclic) bond motifs is 1. The summed E-state index contributed by atoms with van der Waals surface area (Å²) in [6, 6.07) is 4.50. The first-order valence-corrected chi connectivity index (χ1v) is 50.7. The molecular formula is C104H158N20O23. The number of carbonyl (C=O) groups excluding carboxylic acids is 19. The van der Waals surface area contributed by atoms with Gasteiger partial charge in [-0.05, 0) is 194 Å². The zero-order valence-corrected chi connectivity index (χ0v) is 87.3. The number of hydrogen-bond acceptors (Lipinski definition) is 35. The van der Waals surface area contributed by atoms with Crippen molar-refractivity contribution in [1.82, 2.24) is 95.6 Å². The normalized spacial score (nSPS) is 21.5. The van der Waals surface area contributed by atoms with E-state index in [9.17, 15) is 96.8 Å². The summed E-state index contributed by atoms with van der Waals surface area (Å²) in [5.74, 6) is -14.9. The minimum atomic E-state index is -2.09. The number of carboxylic acid groups (broad SMARTS) is 1. The molecule has 24 N–H and O–H groups in total. The monoisotopic (exact) mass is 2060 g/mol. The second-order valence-electron chi connectivity index (χ2n) is 39.3. The summed E-state index contributed by atoms with van der Waals surface area (Å²) in [5, 5.41) is 60.9. The molecule has 0 bridgehead atoms. The third-order valence-corrected chi connectivity index (χ3v) is 26.0. The van der Waals surface area contributed by atoms with Gasteiger partial charge in [0.2, 0.25) is 58.6 Å². The fourth-order valence-corrected chi connectivity index (χ4v) is 16.3. The summed E-state index contributed by atoms with van der Waals surface area (Å²) < 4.78 is 0. The van der Waals surface area contributed by atoms with Gasteiger partial charge in [-0.15, -0.1) is 0 Å². The van der Waals surface area contributed by atoms with E-state index in [1.54, 1.807) is 121 Å². The molecule has 0 radical (unpaired) electrons. The zero-order chi connectivity index (χ0) is 109. The highest BCUT2D eigenvalue weighted by molar-refractivity contribution is 6.43. The number of amides is 6. The second kappa shape index (κ2) is 64.4. The minimum Gasteiger partial charge on any atom is -0.508 e. The van der Waals surface area contributed by atoms with E-state index >= 15 is 14.4 Å². The lowest BCUT2D eigenvalue weighted by atomic mass is 9.85. The number of ketones is 13. The summed E-state index contributed by atoms with van der Waals surface area (Å²) in [7, 11) is 1.67. The smallest absolute Gasteiger partial charge is 0.303 e. The number of allylic oxidation sites excluding steroid dienone is 2. The van der Waals surface area contributed by atoms with Crippen LogP contribution in [0.15, 0.2) is 97.2 Å². The Hall–Kier alpha value is -11.8. The van der Waals surface area contributed by atoms with Gasteiger partial charge < -0.3 is 79.6 Å². The first kappa shape index (κ1) is 126. The van der Waals surface area contributed by atoms with Crippen molar-refractivity contribution in [2.45, 2.75) is 339 Å². The van der Waals surface area contributed by atoms with Crippen LogP contribution in [0, 0.1) is 5.92 Å². The number of primary amides is 2. The topological polar surface area (TPSA) is 666 Å². The third-order valence-electron chi connectivity index (χ3n) is 26.0. The Balaban J connectivity index is 1.42. The van der Waals surface area contributed by atoms with E-state index < -0.39 is 222 Å². The number of carboxylic acids is 1. The number of aromatic hydroxyl groups is 1. The van der Waals surface area contributed by atoms with E-state index in [1.807, 2.05) is 12.2 Å². The number of likely N-dealkylation sites (N-methyl/N-ethyl adjacent to an activating group) is 1. The van der Waals surface area contributed by atoms with Gasteiger partial charge in [0.25, 0.3) is 0 Å². The lowest BCUT2D eigenvalue weighted by Gasteiger charge is -2.33. The number of aliphatic hydroxyl groups is 1. The number of aromatic amines is 1. The zero-order valence-electron chi connectivity index (χ0n) is 87.3. The molecule has 5 rings (SSSR count). The van der Waals surface area contributed by atoms with Gasteiger partial charge in [0.05, 0.1) is 110 Å². The summed E-state index contributed by atoms with van der Waals surface area (Å²) in [6.45, 7) is 19.6. The van der Waals surface area contributed by atoms with Gasteiger partial charge in [-0.25, -0.2) is 32.6 Å². The van der Waals surface area contributed by atoms with Crippen LogP contribution in [0.3, 0.4) is 0 Å². The molecule has 17 atom stereocenters. The number of aromatic nitrogens is 1. The third kappa shape index (κ3) is 45.4. The number of para-hydroxylation sites is 1. The van der Waals surface area contributed by atoms with Gasteiger partial charge in [0.1, 0.15) is 35.4 Å². The van der Waals surface area contributed by atoms with Crippen molar-refractivity contribution >= 4 is 127 Å². The number of benzene rings is 3. The van der Waals surface area contributed by atoms with Crippen LogP contribution in [0.5, 0.6) is 5.75 Å². The molecule has 812 valence electrons. The maximum atomic E-state index is 15.6. The van der Waals surface area contributed by atoms with Crippen LogP contribution in [0.25, 0.3) is 10.9 Å². The van der Waals surface area contributed by atoms with E-state index in [0.29, 0.717) is 66.1 Å². The van der Waals surface area contributed by atoms with Crippen molar-refractivity contribution in [3.63, 3.8) is 0 Å². The Bertz CT molecular complexity index is 5130. The first-order valence-electron chi connectivity index (χ1n) is 50.7. The SMILES string of the molecule is CC(=O)N[C@@H](CC(C)C)C(=O)N[C@H](C(=O)C(=O)[C@H](Cc1ccccc1)NN[C@]1(C)CCCCCCC=CCCC[C@@](C)(C(=O)CN[C@@H](C)C(=O)CCN[C@@H](C)C(=O)CCN[C@@H](C)C(=O)CCN[C@@H](C)C(=O)CCC(=O)[C@H](C)NCN(C)CC(N)=O)NC(=O)[C@H](C)NN[C@@H](CCC(N)=O)C(=O)CN[C@@H](C)C(=O)CC(=O)[C@H](Cc2c[nH]c3ccccc23)NN[C@@H](Cc2ccc(O)cc2)C(=O)N[C@@H](CCC(=O)O)C(=O)C1=O)[C@@H](C)O. The highest BCUT2D eigenvalue weighted by Gasteiger charge is 2.45. The summed E-state index contributed by atoms with van der Waals surface area (Å²) >= 11 is 0. The molecule has 0 saturated carbocycles. The Morgan fingerprint density at radius 2 is 1.09 bits per heavy atom. The predicted molar refractivity (Wildman–Crippen MR) is 550 cm³/mol. The number of rotatable bonds is 53. The molecular weight excluding hydrogens is 1900 g/mol. The van der Waals surface area contributed by atoms with E-state index in [4.69, 9.17) is 11.5 Å². The average Bonchev–Trinajstić information content (AvgIpc) is 1.65. The molecule has 3 aromatic carbocycles. The van der Waals surface area contributed by atoms with Gasteiger partial charge in [0, 0.05) is 95.3 Å². The van der Waals surface area contributed by atoms with Gasteiger partial charge in [0.15, 0.2) is 40.5 Å². The summed E-state index contributed by atoms with van der Waals surface area (Å²) in [4.78, 5) is 281. The van der Waals surface area contributed by atoms with Gasteiger partial charge in [-0.2, -0.15) is 0 Å². The van der Waals surface area contributed by atoms with Crippen molar-refractivity contribution in [2.24, 2.45) is 17.4 Å². The molecule has 0 unspecified atom stereocenters. The molecule has 43 nitrogen and oxygen atoms in total. The maximum absolute atomic E-state index is 15.6. The minimum absolute atomic E-state index is 0.00417. The number of nitrogens with zero attached hydrogens (tertiary/aromatic N) is 1. The van der Waals surface area contributed by atoms with Crippen LogP contribution in [0.4, 0.5) is 0 Å². The molecule has 1 aliphatic rings. The number of nitrogens with two attached hydrogens (primary N) is 2. The van der Waals surface area contributed by atoms with Crippen LogP contribution >= 0.6 is 0 Å². The maximum Gasteiger partial charge on any atom is 0.303 e. The Labute approximate surface area is 859 Å².